The number of amides is 1. The molecular weight excluding hydrogens is 343 g/mol. The van der Waals surface area contributed by atoms with E-state index in [0.29, 0.717) is 24.7 Å². The summed E-state index contributed by atoms with van der Waals surface area (Å²) in [4.78, 5) is 15.6. The Morgan fingerprint density at radius 3 is 2.64 bits per heavy atom. The minimum Gasteiger partial charge on any atom is -0.486 e. The lowest BCUT2D eigenvalue weighted by Crippen LogP contribution is -2.31. The van der Waals surface area contributed by atoms with Gasteiger partial charge in [0.2, 0.25) is 11.7 Å². The average molecular weight is 359 g/mol. The molecule has 0 radical (unpaired) electrons. The van der Waals surface area contributed by atoms with E-state index in [1.807, 2.05) is 0 Å². The first-order valence-electron chi connectivity index (χ1n) is 7.53. The van der Waals surface area contributed by atoms with E-state index in [4.69, 9.17) is 14.2 Å². The number of carbonyl (C=O) groups is 1. The van der Waals surface area contributed by atoms with E-state index in [9.17, 15) is 18.0 Å². The SMILES string of the molecule is COCCNC(=O)Cn1c(C(F)(F)F)nc2cc3c(cc21)OCCO3. The third-order valence-electron chi connectivity index (χ3n) is 3.60. The van der Waals surface area contributed by atoms with Crippen molar-refractivity contribution >= 4 is 16.9 Å². The molecule has 1 N–H and O–H groups in total. The zero-order chi connectivity index (χ0) is 18.0. The van der Waals surface area contributed by atoms with E-state index in [1.54, 1.807) is 0 Å². The fourth-order valence-corrected chi connectivity index (χ4v) is 2.53. The molecular formula is C15H16F3N3O4. The topological polar surface area (TPSA) is 74.6 Å². The standard InChI is InChI=1S/C15H16F3N3O4/c1-23-3-2-19-13(22)8-21-10-7-12-11(24-4-5-25-12)6-9(10)20-14(21)15(16,17)18/h6-7H,2-5,8H2,1H3,(H,19,22). The summed E-state index contributed by atoms with van der Waals surface area (Å²) in [6.07, 6.45) is -4.70. The monoisotopic (exact) mass is 359 g/mol. The Hall–Kier alpha value is -2.49. The van der Waals surface area contributed by atoms with E-state index in [0.717, 1.165) is 4.57 Å². The van der Waals surface area contributed by atoms with Crippen molar-refractivity contribution in [3.63, 3.8) is 0 Å². The Morgan fingerprint density at radius 2 is 2.00 bits per heavy atom. The van der Waals surface area contributed by atoms with Gasteiger partial charge in [-0.15, -0.1) is 0 Å². The highest BCUT2D eigenvalue weighted by molar-refractivity contribution is 5.84. The van der Waals surface area contributed by atoms with Crippen molar-refractivity contribution < 1.29 is 32.2 Å². The van der Waals surface area contributed by atoms with Crippen LogP contribution in [0.25, 0.3) is 11.0 Å². The van der Waals surface area contributed by atoms with Crippen molar-refractivity contribution in [2.45, 2.75) is 12.7 Å². The first-order valence-corrected chi connectivity index (χ1v) is 7.53. The van der Waals surface area contributed by atoms with Gasteiger partial charge in [-0.25, -0.2) is 4.98 Å². The molecule has 136 valence electrons. The highest BCUT2D eigenvalue weighted by atomic mass is 19.4. The van der Waals surface area contributed by atoms with Gasteiger partial charge in [-0.2, -0.15) is 13.2 Å². The number of fused-ring (bicyclic) bond motifs is 2. The summed E-state index contributed by atoms with van der Waals surface area (Å²) in [6.45, 7) is 0.565. The second-order valence-electron chi connectivity index (χ2n) is 5.35. The summed E-state index contributed by atoms with van der Waals surface area (Å²) >= 11 is 0. The van der Waals surface area contributed by atoms with Gasteiger partial charge >= 0.3 is 6.18 Å². The second-order valence-corrected chi connectivity index (χ2v) is 5.35. The van der Waals surface area contributed by atoms with Crippen LogP contribution in [0.4, 0.5) is 13.2 Å². The van der Waals surface area contributed by atoms with Crippen molar-refractivity contribution in [3.05, 3.63) is 18.0 Å². The van der Waals surface area contributed by atoms with Gasteiger partial charge in [0.15, 0.2) is 11.5 Å². The van der Waals surface area contributed by atoms with Crippen LogP contribution in [0.2, 0.25) is 0 Å². The number of alkyl halides is 3. The quantitative estimate of drug-likeness (QED) is 0.821. The highest BCUT2D eigenvalue weighted by Gasteiger charge is 2.38. The van der Waals surface area contributed by atoms with Gasteiger partial charge in [-0.3, -0.25) is 4.79 Å². The molecule has 0 aliphatic carbocycles. The zero-order valence-corrected chi connectivity index (χ0v) is 13.4. The van der Waals surface area contributed by atoms with Crippen LogP contribution in [0.15, 0.2) is 12.1 Å². The number of hydrogen-bond donors (Lipinski definition) is 1. The normalized spacial score (nSPS) is 13.9. The largest absolute Gasteiger partial charge is 0.486 e. The molecule has 0 bridgehead atoms. The molecule has 10 heteroatoms. The molecule has 2 heterocycles. The third-order valence-corrected chi connectivity index (χ3v) is 3.60. The summed E-state index contributed by atoms with van der Waals surface area (Å²) in [5.41, 5.74) is 0.236. The number of rotatable bonds is 5. The van der Waals surface area contributed by atoms with Crippen LogP contribution in [0.5, 0.6) is 11.5 Å². The Kier molecular flexibility index (Phi) is 4.71. The molecule has 7 nitrogen and oxygen atoms in total. The van der Waals surface area contributed by atoms with Crippen molar-refractivity contribution in [1.29, 1.82) is 0 Å². The van der Waals surface area contributed by atoms with Crippen molar-refractivity contribution in [2.24, 2.45) is 0 Å². The summed E-state index contributed by atoms with van der Waals surface area (Å²) in [6, 6.07) is 2.80. The smallest absolute Gasteiger partial charge is 0.449 e. The fraction of sp³-hybridized carbons (Fsp3) is 0.467. The first-order chi connectivity index (χ1) is 11.9. The van der Waals surface area contributed by atoms with E-state index >= 15 is 0 Å². The van der Waals surface area contributed by atoms with E-state index < -0.39 is 24.5 Å². The molecule has 3 rings (SSSR count). The van der Waals surface area contributed by atoms with Crippen LogP contribution in [0.1, 0.15) is 5.82 Å². The number of nitrogens with one attached hydrogen (secondary N) is 1. The van der Waals surface area contributed by atoms with Crippen LogP contribution in [0.3, 0.4) is 0 Å². The van der Waals surface area contributed by atoms with Gasteiger partial charge in [0.1, 0.15) is 19.8 Å². The number of carbonyl (C=O) groups excluding carboxylic acids is 1. The van der Waals surface area contributed by atoms with Crippen LogP contribution in [-0.4, -0.2) is 48.9 Å². The minimum absolute atomic E-state index is 0.0845. The fourth-order valence-electron chi connectivity index (χ4n) is 2.53. The third kappa shape index (κ3) is 3.63. The number of benzene rings is 1. The molecule has 1 aromatic heterocycles. The molecule has 0 fully saturated rings. The predicted octanol–water partition coefficient (Wildman–Crippen LogP) is 1.59. The van der Waals surface area contributed by atoms with Gasteiger partial charge < -0.3 is 24.1 Å². The predicted molar refractivity (Wildman–Crippen MR) is 80.6 cm³/mol. The molecule has 1 aliphatic heterocycles. The van der Waals surface area contributed by atoms with Crippen LogP contribution in [-0.2, 0) is 22.3 Å². The number of halogens is 3. The number of nitrogens with zero attached hydrogens (tertiary/aromatic N) is 2. The van der Waals surface area contributed by atoms with Gasteiger partial charge in [-0.05, 0) is 0 Å². The lowest BCUT2D eigenvalue weighted by Gasteiger charge is -2.18. The Labute approximate surface area is 140 Å². The average Bonchev–Trinajstić information content (AvgIpc) is 2.91. The molecule has 2 aromatic rings. The molecule has 0 unspecified atom stereocenters. The summed E-state index contributed by atoms with van der Waals surface area (Å²) in [7, 11) is 1.46. The minimum atomic E-state index is -4.70. The van der Waals surface area contributed by atoms with E-state index in [2.05, 4.69) is 10.3 Å². The number of aromatic nitrogens is 2. The van der Waals surface area contributed by atoms with Gasteiger partial charge in [0, 0.05) is 25.8 Å². The molecule has 0 saturated heterocycles. The van der Waals surface area contributed by atoms with Gasteiger partial charge in [0.05, 0.1) is 17.6 Å². The summed E-state index contributed by atoms with van der Waals surface area (Å²) in [5.74, 6) is -1.06. The Balaban J connectivity index is 1.99. The van der Waals surface area contributed by atoms with Crippen molar-refractivity contribution in [3.8, 4) is 11.5 Å². The van der Waals surface area contributed by atoms with Crippen molar-refractivity contribution in [1.82, 2.24) is 14.9 Å². The number of ether oxygens (including phenoxy) is 3. The van der Waals surface area contributed by atoms with Gasteiger partial charge in [0.25, 0.3) is 0 Å². The first kappa shape index (κ1) is 17.3. The molecule has 1 aliphatic rings. The Bertz CT molecular complexity index is 788. The number of methoxy groups -OCH3 is 1. The Morgan fingerprint density at radius 1 is 1.32 bits per heavy atom. The maximum absolute atomic E-state index is 13.3. The molecule has 0 saturated carbocycles. The van der Waals surface area contributed by atoms with Crippen LogP contribution < -0.4 is 14.8 Å². The highest BCUT2D eigenvalue weighted by Crippen LogP contribution is 2.37. The lowest BCUT2D eigenvalue weighted by molar-refractivity contribution is -0.147. The lowest BCUT2D eigenvalue weighted by atomic mass is 10.2. The van der Waals surface area contributed by atoms with Crippen LogP contribution >= 0.6 is 0 Å². The van der Waals surface area contributed by atoms with E-state index in [-0.39, 0.29) is 24.2 Å². The maximum Gasteiger partial charge on any atom is 0.449 e. The van der Waals surface area contributed by atoms with E-state index in [1.165, 1.54) is 19.2 Å². The van der Waals surface area contributed by atoms with Crippen molar-refractivity contribution in [2.75, 3.05) is 33.5 Å². The second kappa shape index (κ2) is 6.79. The maximum atomic E-state index is 13.3. The zero-order valence-electron chi connectivity index (χ0n) is 13.4. The summed E-state index contributed by atoms with van der Waals surface area (Å²) in [5, 5.41) is 2.49. The molecule has 1 amide bonds. The molecule has 1 aromatic carbocycles. The number of imidazole rings is 1. The molecule has 0 atom stereocenters. The van der Waals surface area contributed by atoms with Gasteiger partial charge in [-0.1, -0.05) is 0 Å². The summed E-state index contributed by atoms with van der Waals surface area (Å²) < 4.78 is 56.4. The molecule has 25 heavy (non-hydrogen) atoms. The number of hydrogen-bond acceptors (Lipinski definition) is 5. The van der Waals surface area contributed by atoms with Crippen LogP contribution in [0, 0.1) is 0 Å². The molecule has 0 spiro atoms.